The molecule has 0 spiro atoms. The third-order valence-electron chi connectivity index (χ3n) is 3.31. The molecule has 7 heteroatoms. The van der Waals surface area contributed by atoms with Gasteiger partial charge in [-0.1, -0.05) is 13.8 Å². The number of nitrogen functional groups attached to an aromatic ring is 1. The summed E-state index contributed by atoms with van der Waals surface area (Å²) in [6.45, 7) is 9.19. The number of anilines is 2. The minimum absolute atomic E-state index is 0.00300. The minimum Gasteiger partial charge on any atom is -0.461 e. The molecule has 19 heavy (non-hydrogen) atoms. The first-order valence-electron chi connectivity index (χ1n) is 6.54. The maximum atomic E-state index is 5.46. The zero-order chi connectivity index (χ0) is 14.0. The van der Waals surface area contributed by atoms with Crippen molar-refractivity contribution < 1.29 is 4.74 Å². The molecule has 1 aromatic heterocycles. The molecule has 0 aromatic carbocycles. The number of hydrogen-bond donors (Lipinski definition) is 3. The van der Waals surface area contributed by atoms with Crippen molar-refractivity contribution in [1.82, 2.24) is 15.0 Å². The monoisotopic (exact) mass is 266 g/mol. The van der Waals surface area contributed by atoms with E-state index in [1.54, 1.807) is 0 Å². The fraction of sp³-hybridized carbons (Fsp3) is 0.750. The van der Waals surface area contributed by atoms with E-state index in [2.05, 4.69) is 39.5 Å². The molecule has 1 fully saturated rings. The number of rotatable bonds is 6. The van der Waals surface area contributed by atoms with Crippen molar-refractivity contribution in [2.24, 2.45) is 17.2 Å². The van der Waals surface area contributed by atoms with Gasteiger partial charge in [0, 0.05) is 6.54 Å². The average molecular weight is 266 g/mol. The highest BCUT2D eigenvalue weighted by molar-refractivity contribution is 5.35. The van der Waals surface area contributed by atoms with Gasteiger partial charge in [0.15, 0.2) is 0 Å². The third kappa shape index (κ3) is 3.66. The van der Waals surface area contributed by atoms with Crippen molar-refractivity contribution in [3.05, 3.63) is 0 Å². The van der Waals surface area contributed by atoms with Gasteiger partial charge >= 0.3 is 6.01 Å². The van der Waals surface area contributed by atoms with Gasteiger partial charge in [0.2, 0.25) is 11.9 Å². The number of hydrazine groups is 1. The van der Waals surface area contributed by atoms with E-state index >= 15 is 0 Å². The quantitative estimate of drug-likeness (QED) is 0.529. The summed E-state index contributed by atoms with van der Waals surface area (Å²) < 4.78 is 5.46. The van der Waals surface area contributed by atoms with Crippen LogP contribution in [0.25, 0.3) is 0 Å². The lowest BCUT2D eigenvalue weighted by atomic mass is 10.1. The topological polar surface area (TPSA) is 98.0 Å². The van der Waals surface area contributed by atoms with Crippen LogP contribution in [0.3, 0.4) is 0 Å². The van der Waals surface area contributed by atoms with Gasteiger partial charge in [0.1, 0.15) is 0 Å². The molecular weight excluding hydrogens is 244 g/mol. The van der Waals surface area contributed by atoms with Crippen LogP contribution in [0.1, 0.15) is 34.1 Å². The number of nitrogens with zero attached hydrogens (tertiary/aromatic N) is 3. The highest BCUT2D eigenvalue weighted by Crippen LogP contribution is 2.51. The number of hydrogen-bond acceptors (Lipinski definition) is 7. The summed E-state index contributed by atoms with van der Waals surface area (Å²) in [7, 11) is 0. The first-order valence-corrected chi connectivity index (χ1v) is 6.54. The molecule has 1 aromatic rings. The van der Waals surface area contributed by atoms with Crippen LogP contribution >= 0.6 is 0 Å². The van der Waals surface area contributed by atoms with Gasteiger partial charge in [0.05, 0.1) is 6.10 Å². The fourth-order valence-electron chi connectivity index (χ4n) is 1.90. The maximum absolute atomic E-state index is 5.46. The van der Waals surface area contributed by atoms with Crippen LogP contribution in [0.5, 0.6) is 6.01 Å². The average Bonchev–Trinajstić information content (AvgIpc) is 2.93. The molecule has 1 aliphatic carbocycles. The summed E-state index contributed by atoms with van der Waals surface area (Å²) in [6.07, 6.45) is 1.23. The van der Waals surface area contributed by atoms with Crippen LogP contribution < -0.4 is 21.3 Å². The third-order valence-corrected chi connectivity index (χ3v) is 3.31. The lowest BCUT2D eigenvalue weighted by Gasteiger charge is -2.11. The van der Waals surface area contributed by atoms with E-state index in [4.69, 9.17) is 10.6 Å². The van der Waals surface area contributed by atoms with Crippen molar-refractivity contribution in [1.29, 1.82) is 0 Å². The standard InChI is InChI=1S/C12H22N6O/c1-7(2)19-11-16-9(15-10(17-11)18-13)14-6-8-5-12(8,3)4/h7-8H,5-6,13H2,1-4H3,(H2,14,15,16,17,18). The fourth-order valence-corrected chi connectivity index (χ4v) is 1.90. The summed E-state index contributed by atoms with van der Waals surface area (Å²) >= 11 is 0. The Morgan fingerprint density at radius 2 is 1.95 bits per heavy atom. The van der Waals surface area contributed by atoms with Crippen LogP contribution in [0.15, 0.2) is 0 Å². The van der Waals surface area contributed by atoms with E-state index in [9.17, 15) is 0 Å². The van der Waals surface area contributed by atoms with Gasteiger partial charge in [0.25, 0.3) is 0 Å². The van der Waals surface area contributed by atoms with E-state index in [0.717, 1.165) is 6.54 Å². The van der Waals surface area contributed by atoms with Gasteiger partial charge in [-0.05, 0) is 31.6 Å². The summed E-state index contributed by atoms with van der Waals surface area (Å²) in [5.74, 6) is 6.79. The SMILES string of the molecule is CC(C)Oc1nc(NN)nc(NCC2CC2(C)C)n1. The molecule has 2 rings (SSSR count). The van der Waals surface area contributed by atoms with E-state index in [0.29, 0.717) is 23.2 Å². The second-order valence-corrected chi connectivity index (χ2v) is 5.85. The summed E-state index contributed by atoms with van der Waals surface area (Å²) in [5, 5.41) is 3.21. The van der Waals surface area contributed by atoms with E-state index in [1.807, 2.05) is 13.8 Å². The Hall–Kier alpha value is -1.63. The largest absolute Gasteiger partial charge is 0.461 e. The lowest BCUT2D eigenvalue weighted by Crippen LogP contribution is -2.17. The highest BCUT2D eigenvalue weighted by Gasteiger charge is 2.45. The molecule has 1 unspecified atom stereocenters. The van der Waals surface area contributed by atoms with Gasteiger partial charge in [-0.3, -0.25) is 5.43 Å². The molecular formula is C12H22N6O. The maximum Gasteiger partial charge on any atom is 0.323 e. The van der Waals surface area contributed by atoms with Crippen molar-refractivity contribution in [3.63, 3.8) is 0 Å². The molecule has 106 valence electrons. The predicted molar refractivity (Wildman–Crippen MR) is 73.8 cm³/mol. The van der Waals surface area contributed by atoms with Gasteiger partial charge in [-0.2, -0.15) is 15.0 Å². The van der Waals surface area contributed by atoms with Crippen LogP contribution in [0.2, 0.25) is 0 Å². The zero-order valence-electron chi connectivity index (χ0n) is 11.9. The van der Waals surface area contributed by atoms with Crippen molar-refractivity contribution >= 4 is 11.9 Å². The van der Waals surface area contributed by atoms with Crippen LogP contribution in [0.4, 0.5) is 11.9 Å². The first kappa shape index (κ1) is 13.8. The van der Waals surface area contributed by atoms with Gasteiger partial charge in [-0.15, -0.1) is 0 Å². The molecule has 0 aliphatic heterocycles. The molecule has 0 saturated heterocycles. The molecule has 0 radical (unpaired) electrons. The minimum atomic E-state index is 0.00300. The van der Waals surface area contributed by atoms with Crippen LogP contribution in [0, 0.1) is 11.3 Å². The molecule has 1 atom stereocenters. The molecule has 0 bridgehead atoms. The van der Waals surface area contributed by atoms with Gasteiger partial charge < -0.3 is 10.1 Å². The van der Waals surface area contributed by atoms with E-state index in [1.165, 1.54) is 6.42 Å². The number of ether oxygens (including phenoxy) is 1. The van der Waals surface area contributed by atoms with E-state index in [-0.39, 0.29) is 12.1 Å². The molecule has 1 aliphatic rings. The lowest BCUT2D eigenvalue weighted by molar-refractivity contribution is 0.222. The molecule has 7 nitrogen and oxygen atoms in total. The molecule has 4 N–H and O–H groups in total. The molecule has 1 saturated carbocycles. The normalized spacial score (nSPS) is 20.2. The van der Waals surface area contributed by atoms with Crippen LogP contribution in [-0.4, -0.2) is 27.6 Å². The first-order chi connectivity index (χ1) is 8.90. The summed E-state index contributed by atoms with van der Waals surface area (Å²) in [4.78, 5) is 12.4. The van der Waals surface area contributed by atoms with E-state index < -0.39 is 0 Å². The Balaban J connectivity index is 2.02. The predicted octanol–water partition coefficient (Wildman–Crippen LogP) is 1.40. The second-order valence-electron chi connectivity index (χ2n) is 5.85. The summed E-state index contributed by atoms with van der Waals surface area (Å²) in [5.41, 5.74) is 2.84. The number of aromatic nitrogens is 3. The zero-order valence-corrected chi connectivity index (χ0v) is 11.9. The Labute approximate surface area is 113 Å². The molecule has 0 amide bonds. The highest BCUT2D eigenvalue weighted by atomic mass is 16.5. The summed E-state index contributed by atoms with van der Waals surface area (Å²) in [6, 6.07) is 0.274. The Bertz CT molecular complexity index is 448. The Morgan fingerprint density at radius 1 is 1.32 bits per heavy atom. The van der Waals surface area contributed by atoms with Crippen molar-refractivity contribution in [2.75, 3.05) is 17.3 Å². The molecule has 1 heterocycles. The van der Waals surface area contributed by atoms with Crippen molar-refractivity contribution in [3.8, 4) is 6.01 Å². The van der Waals surface area contributed by atoms with Crippen LogP contribution in [-0.2, 0) is 0 Å². The van der Waals surface area contributed by atoms with Crippen molar-refractivity contribution in [2.45, 2.75) is 40.2 Å². The Morgan fingerprint density at radius 3 is 2.47 bits per heavy atom. The second kappa shape index (κ2) is 5.16. The number of nitrogens with two attached hydrogens (primary N) is 1. The van der Waals surface area contributed by atoms with Gasteiger partial charge in [-0.25, -0.2) is 5.84 Å². The Kier molecular flexibility index (Phi) is 3.75. The smallest absolute Gasteiger partial charge is 0.323 e. The number of nitrogens with one attached hydrogen (secondary N) is 2.